The van der Waals surface area contributed by atoms with E-state index in [1.54, 1.807) is 4.90 Å². The minimum Gasteiger partial charge on any atom is -0.479 e. The number of morpholine rings is 1. The van der Waals surface area contributed by atoms with Gasteiger partial charge in [-0.2, -0.15) is 0 Å². The van der Waals surface area contributed by atoms with E-state index in [0.29, 0.717) is 26.1 Å². The van der Waals surface area contributed by atoms with E-state index in [4.69, 9.17) is 9.47 Å². The number of carbonyl (C=O) groups is 2. The number of fused-ring (bicyclic) bond motifs is 2. The molecule has 3 atom stereocenters. The molecule has 3 saturated heterocycles. The summed E-state index contributed by atoms with van der Waals surface area (Å²) < 4.78 is 10.8. The number of urea groups is 1. The summed E-state index contributed by atoms with van der Waals surface area (Å²) in [7, 11) is 0. The number of aliphatic carboxylic acids is 1. The number of ether oxygens (including phenoxy) is 2. The third-order valence-electron chi connectivity index (χ3n) is 4.11. The van der Waals surface area contributed by atoms with Crippen LogP contribution >= 0.6 is 0 Å². The highest BCUT2D eigenvalue weighted by Gasteiger charge is 2.46. The van der Waals surface area contributed by atoms with E-state index in [2.05, 4.69) is 5.32 Å². The van der Waals surface area contributed by atoms with Crippen LogP contribution in [0.3, 0.4) is 0 Å². The number of amides is 2. The molecule has 3 rings (SSSR count). The van der Waals surface area contributed by atoms with Crippen LogP contribution in [-0.4, -0.2) is 66.1 Å². The number of rotatable bonds is 2. The Morgan fingerprint density at radius 3 is 2.47 bits per heavy atom. The molecule has 0 radical (unpaired) electrons. The van der Waals surface area contributed by atoms with E-state index in [1.165, 1.54) is 0 Å². The highest BCUT2D eigenvalue weighted by Crippen LogP contribution is 2.27. The molecular weight excluding hydrogens is 252 g/mol. The molecule has 3 fully saturated rings. The summed E-state index contributed by atoms with van der Waals surface area (Å²) in [5.74, 6) is -1.03. The molecule has 7 nitrogen and oxygen atoms in total. The zero-order valence-electron chi connectivity index (χ0n) is 10.6. The van der Waals surface area contributed by atoms with Gasteiger partial charge in [0.05, 0.1) is 18.8 Å². The topological polar surface area (TPSA) is 88.1 Å². The predicted octanol–water partition coefficient (Wildman–Crippen LogP) is -0.197. The maximum atomic E-state index is 12.2. The van der Waals surface area contributed by atoms with Crippen LogP contribution in [0.15, 0.2) is 0 Å². The minimum atomic E-state index is -1.27. The second-order valence-corrected chi connectivity index (χ2v) is 5.48. The van der Waals surface area contributed by atoms with Gasteiger partial charge in [-0.25, -0.2) is 9.59 Å². The van der Waals surface area contributed by atoms with Gasteiger partial charge in [0.1, 0.15) is 0 Å². The van der Waals surface area contributed by atoms with Gasteiger partial charge in [0.2, 0.25) is 0 Å². The van der Waals surface area contributed by atoms with Crippen LogP contribution < -0.4 is 5.32 Å². The average molecular weight is 270 g/mol. The molecule has 3 aliphatic heterocycles. The fourth-order valence-corrected chi connectivity index (χ4v) is 2.95. The lowest BCUT2D eigenvalue weighted by Gasteiger charge is -2.34. The minimum absolute atomic E-state index is 0.0330. The molecule has 0 spiro atoms. The van der Waals surface area contributed by atoms with Gasteiger partial charge >= 0.3 is 12.0 Å². The van der Waals surface area contributed by atoms with Crippen LogP contribution in [0, 0.1) is 0 Å². The van der Waals surface area contributed by atoms with Crippen LogP contribution in [0.4, 0.5) is 4.79 Å². The van der Waals surface area contributed by atoms with Crippen molar-refractivity contribution in [1.29, 1.82) is 0 Å². The van der Waals surface area contributed by atoms with Gasteiger partial charge in [-0.05, 0) is 12.8 Å². The number of carboxylic acids is 1. The van der Waals surface area contributed by atoms with Crippen molar-refractivity contribution in [2.75, 3.05) is 26.3 Å². The van der Waals surface area contributed by atoms with E-state index >= 15 is 0 Å². The zero-order valence-corrected chi connectivity index (χ0v) is 10.6. The smallest absolute Gasteiger partial charge is 0.332 e. The molecule has 2 amide bonds. The molecule has 0 aromatic heterocycles. The summed E-state index contributed by atoms with van der Waals surface area (Å²) in [4.78, 5) is 25.2. The standard InChI is InChI=1S/C12H18N2O5/c15-10(16)12(3-4-18-7-12)13-11(17)14-5-8-1-2-9(6-14)19-8/h8-9H,1-7H2,(H,13,17)(H,15,16). The molecule has 7 heteroatoms. The number of carboxylic acid groups (broad SMARTS) is 1. The van der Waals surface area contributed by atoms with Crippen molar-refractivity contribution in [3.63, 3.8) is 0 Å². The second kappa shape index (κ2) is 4.64. The first-order valence-corrected chi connectivity index (χ1v) is 6.63. The van der Waals surface area contributed by atoms with Crippen LogP contribution in [0.2, 0.25) is 0 Å². The maximum Gasteiger partial charge on any atom is 0.332 e. The van der Waals surface area contributed by atoms with Crippen molar-refractivity contribution in [3.05, 3.63) is 0 Å². The molecule has 3 heterocycles. The Kier molecular flexibility index (Phi) is 3.10. The average Bonchev–Trinajstić information content (AvgIpc) is 2.97. The maximum absolute atomic E-state index is 12.2. The first-order chi connectivity index (χ1) is 9.09. The predicted molar refractivity (Wildman–Crippen MR) is 63.8 cm³/mol. The number of hydrogen-bond acceptors (Lipinski definition) is 4. The second-order valence-electron chi connectivity index (χ2n) is 5.48. The molecule has 106 valence electrons. The lowest BCUT2D eigenvalue weighted by atomic mass is 9.99. The summed E-state index contributed by atoms with van der Waals surface area (Å²) in [6, 6.07) is -0.326. The molecule has 0 aromatic rings. The summed E-state index contributed by atoms with van der Waals surface area (Å²) in [6.07, 6.45) is 2.46. The summed E-state index contributed by atoms with van der Waals surface area (Å²) >= 11 is 0. The molecule has 0 saturated carbocycles. The number of hydrogen-bond donors (Lipinski definition) is 2. The van der Waals surface area contributed by atoms with E-state index in [0.717, 1.165) is 12.8 Å². The van der Waals surface area contributed by atoms with E-state index in [-0.39, 0.29) is 24.8 Å². The van der Waals surface area contributed by atoms with Crippen LogP contribution in [0.25, 0.3) is 0 Å². The van der Waals surface area contributed by atoms with Gasteiger partial charge in [-0.15, -0.1) is 0 Å². The Bertz CT molecular complexity index is 382. The van der Waals surface area contributed by atoms with Gasteiger partial charge in [-0.3, -0.25) is 0 Å². The largest absolute Gasteiger partial charge is 0.479 e. The first kappa shape index (κ1) is 12.7. The molecule has 2 N–H and O–H groups in total. The number of nitrogens with zero attached hydrogens (tertiary/aromatic N) is 1. The highest BCUT2D eigenvalue weighted by atomic mass is 16.5. The lowest BCUT2D eigenvalue weighted by Crippen LogP contribution is -2.60. The normalized spacial score (nSPS) is 37.4. The van der Waals surface area contributed by atoms with Gasteiger partial charge in [-0.1, -0.05) is 0 Å². The summed E-state index contributed by atoms with van der Waals surface area (Å²) in [5, 5.41) is 11.9. The van der Waals surface area contributed by atoms with Crippen LogP contribution in [0.1, 0.15) is 19.3 Å². The van der Waals surface area contributed by atoms with Crippen molar-refractivity contribution >= 4 is 12.0 Å². The van der Waals surface area contributed by atoms with Gasteiger partial charge in [0.25, 0.3) is 0 Å². The van der Waals surface area contributed by atoms with Crippen molar-refractivity contribution in [2.45, 2.75) is 37.0 Å². The molecule has 0 aliphatic carbocycles. The Morgan fingerprint density at radius 1 is 1.26 bits per heavy atom. The van der Waals surface area contributed by atoms with Gasteiger partial charge < -0.3 is 24.8 Å². The fraction of sp³-hybridized carbons (Fsp3) is 0.833. The van der Waals surface area contributed by atoms with Crippen molar-refractivity contribution < 1.29 is 24.2 Å². The van der Waals surface area contributed by atoms with Crippen LogP contribution in [-0.2, 0) is 14.3 Å². The zero-order chi connectivity index (χ0) is 13.5. The summed E-state index contributed by atoms with van der Waals surface area (Å²) in [5.41, 5.74) is -1.27. The third-order valence-corrected chi connectivity index (χ3v) is 4.11. The Labute approximate surface area is 110 Å². The van der Waals surface area contributed by atoms with E-state index in [9.17, 15) is 14.7 Å². The van der Waals surface area contributed by atoms with Crippen molar-refractivity contribution in [2.24, 2.45) is 0 Å². The third kappa shape index (κ3) is 2.28. The molecular formula is C12H18N2O5. The van der Waals surface area contributed by atoms with Crippen LogP contribution in [0.5, 0.6) is 0 Å². The molecule has 2 bridgehead atoms. The molecule has 3 unspecified atom stereocenters. The number of likely N-dealkylation sites (tertiary alicyclic amines) is 1. The Balaban J connectivity index is 1.65. The summed E-state index contributed by atoms with van der Waals surface area (Å²) in [6.45, 7) is 1.48. The first-order valence-electron chi connectivity index (χ1n) is 6.63. The monoisotopic (exact) mass is 270 g/mol. The van der Waals surface area contributed by atoms with Gasteiger partial charge in [0, 0.05) is 26.1 Å². The number of nitrogens with one attached hydrogen (secondary N) is 1. The van der Waals surface area contributed by atoms with Crippen molar-refractivity contribution in [1.82, 2.24) is 10.2 Å². The lowest BCUT2D eigenvalue weighted by molar-refractivity contribution is -0.144. The number of carbonyl (C=O) groups excluding carboxylic acids is 1. The highest BCUT2D eigenvalue weighted by molar-refractivity contribution is 5.86. The Hall–Kier alpha value is -1.34. The van der Waals surface area contributed by atoms with Gasteiger partial charge in [0.15, 0.2) is 5.54 Å². The molecule has 0 aromatic carbocycles. The quantitative estimate of drug-likeness (QED) is 0.725. The fourth-order valence-electron chi connectivity index (χ4n) is 2.95. The Morgan fingerprint density at radius 2 is 1.95 bits per heavy atom. The SMILES string of the molecule is O=C(NC1(C(=O)O)CCOC1)N1CC2CCC(C1)O2. The molecule has 3 aliphatic rings. The van der Waals surface area contributed by atoms with Crippen molar-refractivity contribution in [3.8, 4) is 0 Å². The van der Waals surface area contributed by atoms with E-state index in [1.807, 2.05) is 0 Å². The van der Waals surface area contributed by atoms with E-state index < -0.39 is 11.5 Å². The molecule has 19 heavy (non-hydrogen) atoms.